The summed E-state index contributed by atoms with van der Waals surface area (Å²) in [4.78, 5) is 22.1. The van der Waals surface area contributed by atoms with E-state index >= 15 is 0 Å². The summed E-state index contributed by atoms with van der Waals surface area (Å²) >= 11 is 0. The van der Waals surface area contributed by atoms with Crippen LogP contribution in [-0.2, 0) is 22.4 Å². The molecule has 3 aliphatic rings. The Balaban J connectivity index is 1.44. The van der Waals surface area contributed by atoms with Gasteiger partial charge in [-0.3, -0.25) is 4.79 Å². The normalized spacial score (nSPS) is 30.5. The lowest BCUT2D eigenvalue weighted by Gasteiger charge is -2.35. The van der Waals surface area contributed by atoms with E-state index in [0.29, 0.717) is 37.0 Å². The summed E-state index contributed by atoms with van der Waals surface area (Å²) in [5.41, 5.74) is 8.50. The van der Waals surface area contributed by atoms with Crippen LogP contribution in [0.4, 0.5) is 13.2 Å². The highest BCUT2D eigenvalue weighted by molar-refractivity contribution is 5.79. The first kappa shape index (κ1) is 25.4. The van der Waals surface area contributed by atoms with E-state index in [1.807, 2.05) is 6.20 Å². The van der Waals surface area contributed by atoms with E-state index in [0.717, 1.165) is 49.9 Å². The molecule has 0 unspecified atom stereocenters. The van der Waals surface area contributed by atoms with E-state index in [4.69, 9.17) is 25.5 Å². The Bertz CT molecular complexity index is 1090. The van der Waals surface area contributed by atoms with E-state index in [1.54, 1.807) is 4.52 Å². The van der Waals surface area contributed by atoms with Crippen molar-refractivity contribution >= 4 is 11.7 Å². The van der Waals surface area contributed by atoms with Crippen molar-refractivity contribution in [1.29, 1.82) is 0 Å². The van der Waals surface area contributed by atoms with Crippen molar-refractivity contribution in [2.24, 2.45) is 23.5 Å². The number of ether oxygens (including phenoxy) is 1. The minimum Gasteiger partial charge on any atom is -0.381 e. The highest BCUT2D eigenvalue weighted by Gasteiger charge is 2.45. The minimum absolute atomic E-state index is 0.0668. The number of rotatable bonds is 5. The van der Waals surface area contributed by atoms with Crippen molar-refractivity contribution in [3.05, 3.63) is 23.3 Å². The van der Waals surface area contributed by atoms with Crippen LogP contribution in [-0.4, -0.2) is 57.0 Å². The van der Waals surface area contributed by atoms with E-state index < -0.39 is 18.0 Å². The molecule has 2 aromatic heterocycles. The molecule has 3 fully saturated rings. The number of hydrogen-bond donors (Lipinski definition) is 2. The second kappa shape index (κ2) is 9.89. The molecule has 2 atom stereocenters. The molecule has 1 saturated carbocycles. The quantitative estimate of drug-likeness (QED) is 0.642. The number of carbonyl (C=O) groups excluding carboxylic acids is 1. The predicted molar refractivity (Wildman–Crippen MR) is 126 cm³/mol. The molecule has 11 heteroatoms. The maximum atomic E-state index is 13.4. The number of alkyl halides is 3. The fraction of sp³-hybridized carbons (Fsp3) is 0.760. The Labute approximate surface area is 208 Å². The van der Waals surface area contributed by atoms with Crippen LogP contribution in [0.2, 0.25) is 0 Å². The van der Waals surface area contributed by atoms with Gasteiger partial charge in [0.1, 0.15) is 0 Å². The van der Waals surface area contributed by atoms with Gasteiger partial charge >= 0.3 is 6.18 Å². The number of piperidine rings is 1. The number of nitrogens with zero attached hydrogens (tertiary/aromatic N) is 4. The average Bonchev–Trinajstić information content (AvgIpc) is 3.22. The Hall–Kier alpha value is -2.27. The lowest BCUT2D eigenvalue weighted by Crippen LogP contribution is -2.47. The fourth-order valence-corrected chi connectivity index (χ4v) is 5.87. The van der Waals surface area contributed by atoms with Gasteiger partial charge in [-0.05, 0) is 50.9 Å². The number of nitrogens with one attached hydrogen (secondary N) is 1. The molecule has 2 aromatic rings. The van der Waals surface area contributed by atoms with Crippen LogP contribution in [0.25, 0.3) is 5.78 Å². The van der Waals surface area contributed by atoms with Crippen molar-refractivity contribution in [3.63, 3.8) is 0 Å². The van der Waals surface area contributed by atoms with Crippen molar-refractivity contribution in [2.75, 3.05) is 19.8 Å². The number of aromatic nitrogens is 4. The number of imidazole rings is 1. The smallest absolute Gasteiger partial charge is 0.381 e. The molecule has 1 aliphatic carbocycles. The van der Waals surface area contributed by atoms with E-state index in [9.17, 15) is 18.0 Å². The fourth-order valence-electron chi connectivity index (χ4n) is 5.87. The van der Waals surface area contributed by atoms with E-state index in [-0.39, 0.29) is 36.8 Å². The molecule has 0 radical (unpaired) electrons. The lowest BCUT2D eigenvalue weighted by molar-refractivity contribution is -0.183. The van der Waals surface area contributed by atoms with Gasteiger partial charge in [0.25, 0.3) is 5.78 Å². The first-order chi connectivity index (χ1) is 17.1. The van der Waals surface area contributed by atoms with Gasteiger partial charge in [-0.1, -0.05) is 6.92 Å². The summed E-state index contributed by atoms with van der Waals surface area (Å²) in [5, 5.41) is 7.21. The SMILES string of the molecule is CC1CCC(N)(Cc2cn3nc(C[C@H]4C[C@@H](C(F)(F)F)CNC4=O)c(C4CCOCC4)nc3n2)CC1. The van der Waals surface area contributed by atoms with Crippen molar-refractivity contribution in [2.45, 2.75) is 82.3 Å². The van der Waals surface area contributed by atoms with Crippen LogP contribution in [0.3, 0.4) is 0 Å². The molecular weight excluding hydrogens is 473 g/mol. The number of halogens is 3. The van der Waals surface area contributed by atoms with Crippen LogP contribution in [0.15, 0.2) is 6.20 Å². The van der Waals surface area contributed by atoms with Crippen LogP contribution >= 0.6 is 0 Å². The van der Waals surface area contributed by atoms with Crippen molar-refractivity contribution in [3.8, 4) is 0 Å². The molecule has 36 heavy (non-hydrogen) atoms. The molecular formula is C25H35F3N6O2. The Kier molecular flexibility index (Phi) is 6.97. The standard InChI is InChI=1S/C25H35F3N6O2/c1-15-2-6-24(29,7-3-15)12-19-14-34-23(31-19)32-21(16-4-8-36-9-5-16)20(33-34)11-17-10-18(25(26,27)28)13-30-22(17)35/h14-18H,2-13,29H2,1H3,(H,30,35)/t15?,17-,18-,24?/m1/s1. The Morgan fingerprint density at radius 2 is 1.92 bits per heavy atom. The van der Waals surface area contributed by atoms with Gasteiger partial charge in [-0.15, -0.1) is 0 Å². The molecule has 5 rings (SSSR count). The van der Waals surface area contributed by atoms with E-state index in [2.05, 4.69) is 12.2 Å². The first-order valence-electron chi connectivity index (χ1n) is 13.1. The Morgan fingerprint density at radius 3 is 2.61 bits per heavy atom. The van der Waals surface area contributed by atoms with Gasteiger partial charge in [-0.25, -0.2) is 14.5 Å². The third-order valence-corrected chi connectivity index (χ3v) is 8.24. The third kappa shape index (κ3) is 5.51. The van der Waals surface area contributed by atoms with Crippen LogP contribution < -0.4 is 11.1 Å². The highest BCUT2D eigenvalue weighted by atomic mass is 19.4. The van der Waals surface area contributed by atoms with Gasteiger partial charge in [0.05, 0.1) is 29.2 Å². The molecule has 0 bridgehead atoms. The van der Waals surface area contributed by atoms with E-state index in [1.165, 1.54) is 0 Å². The third-order valence-electron chi connectivity index (χ3n) is 8.24. The van der Waals surface area contributed by atoms with Crippen LogP contribution in [0, 0.1) is 17.8 Å². The summed E-state index contributed by atoms with van der Waals surface area (Å²) < 4.78 is 47.3. The molecule has 4 heterocycles. The maximum absolute atomic E-state index is 13.4. The number of nitrogens with two attached hydrogens (primary N) is 1. The summed E-state index contributed by atoms with van der Waals surface area (Å²) in [6.45, 7) is 3.05. The van der Waals surface area contributed by atoms with Crippen LogP contribution in [0.1, 0.15) is 74.9 Å². The zero-order valence-electron chi connectivity index (χ0n) is 20.7. The van der Waals surface area contributed by atoms with Gasteiger partial charge in [0, 0.05) is 50.0 Å². The number of fused-ring (bicyclic) bond motifs is 1. The predicted octanol–water partition coefficient (Wildman–Crippen LogP) is 3.33. The van der Waals surface area contributed by atoms with Gasteiger partial charge in [0.15, 0.2) is 0 Å². The van der Waals surface area contributed by atoms with Gasteiger partial charge < -0.3 is 15.8 Å². The maximum Gasteiger partial charge on any atom is 0.393 e. The number of amides is 1. The molecule has 2 saturated heterocycles. The van der Waals surface area contributed by atoms with Crippen molar-refractivity contribution in [1.82, 2.24) is 24.9 Å². The minimum atomic E-state index is -4.35. The second-order valence-corrected chi connectivity index (χ2v) is 11.1. The molecule has 198 valence electrons. The molecule has 3 N–H and O–H groups in total. The molecule has 8 nitrogen and oxygen atoms in total. The van der Waals surface area contributed by atoms with Gasteiger partial charge in [0.2, 0.25) is 5.91 Å². The summed E-state index contributed by atoms with van der Waals surface area (Å²) in [7, 11) is 0. The number of hydrogen-bond acceptors (Lipinski definition) is 6. The monoisotopic (exact) mass is 508 g/mol. The summed E-state index contributed by atoms with van der Waals surface area (Å²) in [6.07, 6.45) is 3.55. The summed E-state index contributed by atoms with van der Waals surface area (Å²) in [6, 6.07) is 0. The number of carbonyl (C=O) groups is 1. The molecule has 0 aromatic carbocycles. The first-order valence-corrected chi connectivity index (χ1v) is 13.1. The topological polar surface area (TPSA) is 107 Å². The zero-order valence-corrected chi connectivity index (χ0v) is 20.7. The highest BCUT2D eigenvalue weighted by Crippen LogP contribution is 2.36. The zero-order chi connectivity index (χ0) is 25.5. The summed E-state index contributed by atoms with van der Waals surface area (Å²) in [5.74, 6) is -1.51. The Morgan fingerprint density at radius 1 is 1.19 bits per heavy atom. The van der Waals surface area contributed by atoms with Crippen LogP contribution in [0.5, 0.6) is 0 Å². The largest absolute Gasteiger partial charge is 0.393 e. The van der Waals surface area contributed by atoms with Gasteiger partial charge in [-0.2, -0.15) is 18.3 Å². The second-order valence-electron chi connectivity index (χ2n) is 11.1. The van der Waals surface area contributed by atoms with Crippen molar-refractivity contribution < 1.29 is 22.7 Å². The molecule has 2 aliphatic heterocycles. The molecule has 0 spiro atoms. The lowest BCUT2D eigenvalue weighted by atomic mass is 9.75. The average molecular weight is 509 g/mol. The molecule has 1 amide bonds.